The highest BCUT2D eigenvalue weighted by Gasteiger charge is 1.95. The lowest BCUT2D eigenvalue weighted by Gasteiger charge is -2.08. The summed E-state index contributed by atoms with van der Waals surface area (Å²) in [4.78, 5) is 0. The standard InChI is InChI=1S/C11H15NO2/c1-10(7-13-9-12)14-8-11-5-3-2-4-6-11/h2-6H,1,7-9,12H2. The Bertz CT molecular complexity index is 272. The molecular weight excluding hydrogens is 178 g/mol. The van der Waals surface area contributed by atoms with Crippen LogP contribution < -0.4 is 5.73 Å². The van der Waals surface area contributed by atoms with E-state index in [9.17, 15) is 0 Å². The molecule has 76 valence electrons. The van der Waals surface area contributed by atoms with Crippen LogP contribution >= 0.6 is 0 Å². The van der Waals surface area contributed by atoms with E-state index in [2.05, 4.69) is 6.58 Å². The summed E-state index contributed by atoms with van der Waals surface area (Å²) in [7, 11) is 0. The summed E-state index contributed by atoms with van der Waals surface area (Å²) < 4.78 is 10.3. The molecule has 0 fully saturated rings. The number of benzene rings is 1. The molecule has 0 aliphatic heterocycles. The summed E-state index contributed by atoms with van der Waals surface area (Å²) in [5.74, 6) is 0.597. The number of hydrogen-bond donors (Lipinski definition) is 1. The van der Waals surface area contributed by atoms with Crippen molar-refractivity contribution in [2.45, 2.75) is 6.61 Å². The molecule has 3 heteroatoms. The minimum atomic E-state index is 0.188. The Kier molecular flexibility index (Phi) is 4.75. The van der Waals surface area contributed by atoms with Crippen molar-refractivity contribution in [1.82, 2.24) is 0 Å². The van der Waals surface area contributed by atoms with Crippen LogP contribution in [0.3, 0.4) is 0 Å². The van der Waals surface area contributed by atoms with Crippen LogP contribution in [0.5, 0.6) is 0 Å². The minimum Gasteiger partial charge on any atom is -0.491 e. The maximum Gasteiger partial charge on any atom is 0.115 e. The van der Waals surface area contributed by atoms with Crippen LogP contribution in [0.25, 0.3) is 0 Å². The molecule has 0 amide bonds. The summed E-state index contributed by atoms with van der Waals surface area (Å²) in [6.45, 7) is 4.76. The molecule has 0 spiro atoms. The van der Waals surface area contributed by atoms with Crippen LogP contribution in [0, 0.1) is 0 Å². The van der Waals surface area contributed by atoms with Crippen LogP contribution in [0.2, 0.25) is 0 Å². The topological polar surface area (TPSA) is 44.5 Å². The van der Waals surface area contributed by atoms with Crippen LogP contribution in [0.4, 0.5) is 0 Å². The number of hydrogen-bond acceptors (Lipinski definition) is 3. The van der Waals surface area contributed by atoms with Crippen molar-refractivity contribution in [2.24, 2.45) is 5.73 Å². The maximum absolute atomic E-state index is 5.36. The van der Waals surface area contributed by atoms with Gasteiger partial charge >= 0.3 is 0 Å². The molecule has 1 rings (SSSR count). The fourth-order valence-corrected chi connectivity index (χ4v) is 0.974. The number of ether oxygens (including phenoxy) is 2. The van der Waals surface area contributed by atoms with E-state index in [1.54, 1.807) is 0 Å². The summed E-state index contributed by atoms with van der Waals surface area (Å²) in [6, 6.07) is 9.90. The monoisotopic (exact) mass is 193 g/mol. The highest BCUT2D eigenvalue weighted by atomic mass is 16.5. The molecule has 0 radical (unpaired) electrons. The average molecular weight is 193 g/mol. The molecule has 0 aromatic heterocycles. The van der Waals surface area contributed by atoms with E-state index in [1.807, 2.05) is 30.3 Å². The zero-order chi connectivity index (χ0) is 10.2. The Morgan fingerprint density at radius 1 is 1.29 bits per heavy atom. The third kappa shape index (κ3) is 4.07. The molecule has 1 aromatic rings. The first kappa shape index (κ1) is 10.8. The molecule has 0 aliphatic rings. The fourth-order valence-electron chi connectivity index (χ4n) is 0.974. The smallest absolute Gasteiger partial charge is 0.115 e. The van der Waals surface area contributed by atoms with E-state index in [0.29, 0.717) is 19.0 Å². The van der Waals surface area contributed by atoms with E-state index >= 15 is 0 Å². The SMILES string of the molecule is C=C(COCN)OCc1ccccc1. The Balaban J connectivity index is 2.24. The second-order valence-electron chi connectivity index (χ2n) is 2.83. The third-order valence-corrected chi connectivity index (χ3v) is 1.67. The molecule has 14 heavy (non-hydrogen) atoms. The van der Waals surface area contributed by atoms with Gasteiger partial charge in [0.25, 0.3) is 0 Å². The molecule has 0 saturated heterocycles. The molecule has 0 unspecified atom stereocenters. The van der Waals surface area contributed by atoms with Crippen molar-refractivity contribution in [1.29, 1.82) is 0 Å². The van der Waals surface area contributed by atoms with Gasteiger partial charge in [0.2, 0.25) is 0 Å². The highest BCUT2D eigenvalue weighted by Crippen LogP contribution is 2.04. The van der Waals surface area contributed by atoms with Crippen LogP contribution in [-0.4, -0.2) is 13.3 Å². The molecule has 0 heterocycles. The van der Waals surface area contributed by atoms with Gasteiger partial charge in [-0.1, -0.05) is 36.9 Å². The van der Waals surface area contributed by atoms with Crippen LogP contribution in [-0.2, 0) is 16.1 Å². The molecule has 2 N–H and O–H groups in total. The first-order valence-electron chi connectivity index (χ1n) is 4.45. The van der Waals surface area contributed by atoms with E-state index in [1.165, 1.54) is 0 Å². The van der Waals surface area contributed by atoms with Gasteiger partial charge in [-0.05, 0) is 5.56 Å². The summed E-state index contributed by atoms with van der Waals surface area (Å²) in [5.41, 5.74) is 6.28. The van der Waals surface area contributed by atoms with E-state index in [0.717, 1.165) is 5.56 Å². The van der Waals surface area contributed by atoms with Crippen molar-refractivity contribution in [2.75, 3.05) is 13.3 Å². The van der Waals surface area contributed by atoms with E-state index in [-0.39, 0.29) is 6.73 Å². The predicted octanol–water partition coefficient (Wildman–Crippen LogP) is 1.65. The molecule has 0 atom stereocenters. The lowest BCUT2D eigenvalue weighted by Crippen LogP contribution is -2.08. The second-order valence-corrected chi connectivity index (χ2v) is 2.83. The lowest BCUT2D eigenvalue weighted by molar-refractivity contribution is 0.0968. The average Bonchev–Trinajstić information content (AvgIpc) is 2.25. The summed E-state index contributed by atoms with van der Waals surface area (Å²) in [6.07, 6.45) is 0. The minimum absolute atomic E-state index is 0.188. The Morgan fingerprint density at radius 2 is 2.00 bits per heavy atom. The normalized spacial score (nSPS) is 9.79. The Morgan fingerprint density at radius 3 is 2.64 bits per heavy atom. The zero-order valence-corrected chi connectivity index (χ0v) is 8.11. The molecule has 0 bridgehead atoms. The molecule has 3 nitrogen and oxygen atoms in total. The van der Waals surface area contributed by atoms with E-state index in [4.69, 9.17) is 15.2 Å². The van der Waals surface area contributed by atoms with Gasteiger partial charge in [-0.25, -0.2) is 0 Å². The van der Waals surface area contributed by atoms with Crippen molar-refractivity contribution < 1.29 is 9.47 Å². The highest BCUT2D eigenvalue weighted by molar-refractivity contribution is 5.13. The maximum atomic E-state index is 5.36. The molecular formula is C11H15NO2. The first-order valence-corrected chi connectivity index (χ1v) is 4.45. The fraction of sp³-hybridized carbons (Fsp3) is 0.273. The van der Waals surface area contributed by atoms with Crippen molar-refractivity contribution >= 4 is 0 Å². The number of nitrogens with two attached hydrogens (primary N) is 1. The van der Waals surface area contributed by atoms with Gasteiger partial charge in [-0.2, -0.15) is 0 Å². The van der Waals surface area contributed by atoms with Gasteiger partial charge in [0.1, 0.15) is 19.0 Å². The van der Waals surface area contributed by atoms with Crippen molar-refractivity contribution in [3.05, 3.63) is 48.2 Å². The van der Waals surface area contributed by atoms with Crippen LogP contribution in [0.15, 0.2) is 42.7 Å². The largest absolute Gasteiger partial charge is 0.491 e. The zero-order valence-electron chi connectivity index (χ0n) is 8.11. The van der Waals surface area contributed by atoms with Gasteiger partial charge in [0, 0.05) is 0 Å². The molecule has 0 aliphatic carbocycles. The second kappa shape index (κ2) is 6.18. The molecule has 1 aromatic carbocycles. The quantitative estimate of drug-likeness (QED) is 0.552. The van der Waals surface area contributed by atoms with E-state index < -0.39 is 0 Å². The Hall–Kier alpha value is -1.32. The number of rotatable bonds is 6. The predicted molar refractivity (Wildman–Crippen MR) is 55.4 cm³/mol. The van der Waals surface area contributed by atoms with Crippen molar-refractivity contribution in [3.63, 3.8) is 0 Å². The van der Waals surface area contributed by atoms with Crippen LogP contribution in [0.1, 0.15) is 5.56 Å². The van der Waals surface area contributed by atoms with Gasteiger partial charge in [0.15, 0.2) is 0 Å². The summed E-state index contributed by atoms with van der Waals surface area (Å²) >= 11 is 0. The third-order valence-electron chi connectivity index (χ3n) is 1.67. The van der Waals surface area contributed by atoms with Gasteiger partial charge < -0.3 is 15.2 Å². The summed E-state index contributed by atoms with van der Waals surface area (Å²) in [5, 5.41) is 0. The Labute approximate surface area is 84.1 Å². The van der Waals surface area contributed by atoms with Gasteiger partial charge in [-0.3, -0.25) is 0 Å². The van der Waals surface area contributed by atoms with Crippen molar-refractivity contribution in [3.8, 4) is 0 Å². The van der Waals surface area contributed by atoms with Gasteiger partial charge in [-0.15, -0.1) is 0 Å². The van der Waals surface area contributed by atoms with Gasteiger partial charge in [0.05, 0.1) is 6.73 Å². The lowest BCUT2D eigenvalue weighted by atomic mass is 10.2. The first-order chi connectivity index (χ1) is 6.83. The molecule has 0 saturated carbocycles.